The number of halogens is 1. The molecule has 11 heteroatoms. The van der Waals surface area contributed by atoms with Crippen LogP contribution in [0.1, 0.15) is 0 Å². The number of benzene rings is 1. The van der Waals surface area contributed by atoms with Crippen LogP contribution in [-0.4, -0.2) is 32.8 Å². The van der Waals surface area contributed by atoms with Gasteiger partial charge in [0.15, 0.2) is 5.82 Å². The van der Waals surface area contributed by atoms with Gasteiger partial charge < -0.3 is 11.1 Å². The van der Waals surface area contributed by atoms with Crippen LogP contribution in [0.3, 0.4) is 0 Å². The van der Waals surface area contributed by atoms with E-state index in [4.69, 9.17) is 5.73 Å². The lowest BCUT2D eigenvalue weighted by Crippen LogP contribution is -2.35. The van der Waals surface area contributed by atoms with E-state index in [0.29, 0.717) is 6.07 Å². The van der Waals surface area contributed by atoms with Gasteiger partial charge in [0.1, 0.15) is 4.90 Å². The zero-order valence-corrected chi connectivity index (χ0v) is 11.0. The van der Waals surface area contributed by atoms with Crippen molar-refractivity contribution in [2.45, 2.75) is 4.90 Å². The number of nitro benzene ring substituents is 1. The zero-order valence-electron chi connectivity index (χ0n) is 10.2. The minimum absolute atomic E-state index is 0.435. The summed E-state index contributed by atoms with van der Waals surface area (Å²) in [5, 5.41) is 12.6. The quantitative estimate of drug-likeness (QED) is 0.374. The number of nitrogens with zero attached hydrogens (tertiary/aromatic N) is 1. The number of rotatable bonds is 5. The molecular formula is C9H11FN4O5S. The van der Waals surface area contributed by atoms with Crippen LogP contribution in [0.5, 0.6) is 0 Å². The normalized spacial score (nSPS) is 11.1. The molecule has 0 fully saturated rings. The van der Waals surface area contributed by atoms with Crippen molar-refractivity contribution in [1.82, 2.24) is 10.0 Å². The van der Waals surface area contributed by atoms with Crippen LogP contribution >= 0.6 is 0 Å². The molecule has 0 unspecified atom stereocenters. The Hall–Kier alpha value is -2.27. The molecule has 0 saturated heterocycles. The van der Waals surface area contributed by atoms with Gasteiger partial charge >= 0.3 is 0 Å². The van der Waals surface area contributed by atoms with Crippen LogP contribution in [0.4, 0.5) is 15.8 Å². The van der Waals surface area contributed by atoms with Gasteiger partial charge in [-0.05, 0) is 0 Å². The van der Waals surface area contributed by atoms with Gasteiger partial charge in [-0.1, -0.05) is 0 Å². The van der Waals surface area contributed by atoms with E-state index in [9.17, 15) is 27.7 Å². The average molecular weight is 306 g/mol. The zero-order chi connectivity index (χ0) is 15.5. The number of anilines is 1. The standard InChI is InChI=1S/C9H11FN4O5S/c1-12-8(15)4-13-20(18,19)9-6(10)2-5(14(16)17)3-7(9)11/h2-3,13H,4,11H2,1H3,(H,12,15). The van der Waals surface area contributed by atoms with Crippen molar-refractivity contribution in [1.29, 1.82) is 0 Å². The minimum atomic E-state index is -4.40. The first-order valence-corrected chi connectivity index (χ1v) is 6.61. The number of nitrogens with two attached hydrogens (primary N) is 1. The fourth-order valence-electron chi connectivity index (χ4n) is 1.31. The first-order chi connectivity index (χ1) is 9.19. The van der Waals surface area contributed by atoms with E-state index in [2.05, 4.69) is 5.32 Å². The van der Waals surface area contributed by atoms with Gasteiger partial charge in [0.25, 0.3) is 5.69 Å². The molecule has 0 aromatic heterocycles. The molecule has 0 saturated carbocycles. The number of amides is 1. The maximum Gasteiger partial charge on any atom is 0.274 e. The highest BCUT2D eigenvalue weighted by molar-refractivity contribution is 7.89. The summed E-state index contributed by atoms with van der Waals surface area (Å²) < 4.78 is 39.1. The molecule has 1 rings (SSSR count). The molecule has 4 N–H and O–H groups in total. The van der Waals surface area contributed by atoms with Crippen LogP contribution in [0.25, 0.3) is 0 Å². The fourth-order valence-corrected chi connectivity index (χ4v) is 2.46. The van der Waals surface area contributed by atoms with Crippen molar-refractivity contribution >= 4 is 27.3 Å². The highest BCUT2D eigenvalue weighted by Gasteiger charge is 2.26. The molecule has 0 heterocycles. The van der Waals surface area contributed by atoms with Gasteiger partial charge in [0.2, 0.25) is 15.9 Å². The molecule has 20 heavy (non-hydrogen) atoms. The second-order valence-electron chi connectivity index (χ2n) is 3.60. The smallest absolute Gasteiger partial charge is 0.274 e. The summed E-state index contributed by atoms with van der Waals surface area (Å²) in [6.07, 6.45) is 0. The Balaban J connectivity index is 3.19. The van der Waals surface area contributed by atoms with Gasteiger partial charge in [-0.15, -0.1) is 0 Å². The first kappa shape index (κ1) is 15.8. The number of hydrogen-bond donors (Lipinski definition) is 3. The number of non-ortho nitro benzene ring substituents is 1. The number of nitrogens with one attached hydrogen (secondary N) is 2. The molecule has 1 amide bonds. The highest BCUT2D eigenvalue weighted by Crippen LogP contribution is 2.27. The topological polar surface area (TPSA) is 144 Å². The third-order valence-electron chi connectivity index (χ3n) is 2.24. The summed E-state index contributed by atoms with van der Waals surface area (Å²) in [5.74, 6) is -2.02. The SMILES string of the molecule is CNC(=O)CNS(=O)(=O)c1c(N)cc([N+](=O)[O-])cc1F. The Morgan fingerprint density at radius 1 is 1.50 bits per heavy atom. The molecule has 0 bridgehead atoms. The summed E-state index contributed by atoms with van der Waals surface area (Å²) in [6.45, 7) is -0.616. The fraction of sp³-hybridized carbons (Fsp3) is 0.222. The van der Waals surface area contributed by atoms with E-state index in [-0.39, 0.29) is 0 Å². The van der Waals surface area contributed by atoms with E-state index in [1.807, 2.05) is 4.72 Å². The third-order valence-corrected chi connectivity index (χ3v) is 3.73. The van der Waals surface area contributed by atoms with E-state index >= 15 is 0 Å². The van der Waals surface area contributed by atoms with Gasteiger partial charge in [0, 0.05) is 13.1 Å². The van der Waals surface area contributed by atoms with E-state index in [0.717, 1.165) is 6.07 Å². The number of carbonyl (C=O) groups is 1. The first-order valence-electron chi connectivity index (χ1n) is 5.12. The van der Waals surface area contributed by atoms with Crippen LogP contribution < -0.4 is 15.8 Å². The van der Waals surface area contributed by atoms with Crippen LogP contribution in [0.2, 0.25) is 0 Å². The summed E-state index contributed by atoms with van der Waals surface area (Å²) >= 11 is 0. The molecule has 9 nitrogen and oxygen atoms in total. The van der Waals surface area contributed by atoms with Gasteiger partial charge in [-0.2, -0.15) is 0 Å². The number of nitro groups is 1. The molecule has 0 atom stereocenters. The van der Waals surface area contributed by atoms with Gasteiger partial charge in [-0.25, -0.2) is 17.5 Å². The van der Waals surface area contributed by atoms with Crippen molar-refractivity contribution in [3.63, 3.8) is 0 Å². The average Bonchev–Trinajstić information content (AvgIpc) is 2.34. The highest BCUT2D eigenvalue weighted by atomic mass is 32.2. The van der Waals surface area contributed by atoms with E-state index in [1.54, 1.807) is 0 Å². The van der Waals surface area contributed by atoms with E-state index in [1.165, 1.54) is 7.05 Å². The molecule has 0 spiro atoms. The summed E-state index contributed by atoms with van der Waals surface area (Å²) in [7, 11) is -3.11. The van der Waals surface area contributed by atoms with E-state index < -0.39 is 49.5 Å². The number of carbonyl (C=O) groups excluding carboxylic acids is 1. The Morgan fingerprint density at radius 3 is 2.55 bits per heavy atom. The van der Waals surface area contributed by atoms with Crippen molar-refractivity contribution in [2.24, 2.45) is 0 Å². The molecular weight excluding hydrogens is 295 g/mol. The lowest BCUT2D eigenvalue weighted by molar-refractivity contribution is -0.385. The Morgan fingerprint density at radius 2 is 2.10 bits per heavy atom. The lowest BCUT2D eigenvalue weighted by atomic mass is 10.3. The number of likely N-dealkylation sites (N-methyl/N-ethyl adjacent to an activating group) is 1. The van der Waals surface area contributed by atoms with Crippen LogP contribution in [0.15, 0.2) is 17.0 Å². The predicted octanol–water partition coefficient (Wildman–Crippen LogP) is -0.660. The van der Waals surface area contributed by atoms with Crippen molar-refractivity contribution in [3.8, 4) is 0 Å². The lowest BCUT2D eigenvalue weighted by Gasteiger charge is -2.09. The van der Waals surface area contributed by atoms with Gasteiger partial charge in [-0.3, -0.25) is 14.9 Å². The van der Waals surface area contributed by atoms with Crippen molar-refractivity contribution in [3.05, 3.63) is 28.1 Å². The summed E-state index contributed by atoms with van der Waals surface area (Å²) in [6, 6.07) is 1.16. The van der Waals surface area contributed by atoms with Crippen LogP contribution in [0, 0.1) is 15.9 Å². The number of sulfonamides is 1. The second kappa shape index (κ2) is 5.79. The molecule has 0 aliphatic rings. The Bertz CT molecular complexity index is 637. The summed E-state index contributed by atoms with van der Waals surface area (Å²) in [5.41, 5.74) is 4.02. The molecule has 0 aliphatic heterocycles. The monoisotopic (exact) mass is 306 g/mol. The van der Waals surface area contributed by atoms with Crippen molar-refractivity contribution in [2.75, 3.05) is 19.3 Å². The molecule has 1 aromatic rings. The molecule has 0 radical (unpaired) electrons. The van der Waals surface area contributed by atoms with Gasteiger partial charge in [0.05, 0.1) is 23.2 Å². The predicted molar refractivity (Wildman–Crippen MR) is 66.7 cm³/mol. The number of hydrogen-bond acceptors (Lipinski definition) is 6. The number of nitrogen functional groups attached to an aromatic ring is 1. The third kappa shape index (κ3) is 3.39. The van der Waals surface area contributed by atoms with Crippen molar-refractivity contribution < 1.29 is 22.5 Å². The Kier molecular flexibility index (Phi) is 4.57. The molecule has 0 aliphatic carbocycles. The Labute approximate surface area is 113 Å². The van der Waals surface area contributed by atoms with Crippen LogP contribution in [-0.2, 0) is 14.8 Å². The largest absolute Gasteiger partial charge is 0.397 e. The molecule has 110 valence electrons. The summed E-state index contributed by atoms with van der Waals surface area (Å²) in [4.78, 5) is 19.6. The second-order valence-corrected chi connectivity index (χ2v) is 5.30. The maximum atomic E-state index is 13.7. The maximum absolute atomic E-state index is 13.7. The molecule has 1 aromatic carbocycles. The minimum Gasteiger partial charge on any atom is -0.397 e.